The number of amides is 3. The number of benzene rings is 1. The number of carbonyl (C=O) groups excluding carboxylic acids is 3. The number of aromatic nitrogens is 4. The van der Waals surface area contributed by atoms with Crippen LogP contribution in [0.5, 0.6) is 0 Å². The fraction of sp³-hybridized carbons (Fsp3) is 0.333. The summed E-state index contributed by atoms with van der Waals surface area (Å²) < 4.78 is 19.4. The highest BCUT2D eigenvalue weighted by Crippen LogP contribution is 2.36. The Hall–Kier alpha value is -5.30. The molecule has 3 amide bonds. The van der Waals surface area contributed by atoms with E-state index in [4.69, 9.17) is 33.5 Å². The quantitative estimate of drug-likeness (QED) is 0.219. The summed E-state index contributed by atoms with van der Waals surface area (Å²) in [6.45, 7) is -1.50. The number of rotatable bonds is 13. The fourth-order valence-corrected chi connectivity index (χ4v) is 4.44. The molecular weight excluding hydrogens is 570 g/mol. The number of nitrogens with zero attached hydrogens (tertiary/aromatic N) is 5. The van der Waals surface area contributed by atoms with E-state index in [1.165, 1.54) is 22.1 Å². The zero-order valence-electron chi connectivity index (χ0n) is 23.5. The number of hydrogen-bond donors (Lipinski definition) is 3. The molecule has 0 bridgehead atoms. The van der Waals surface area contributed by atoms with Crippen LogP contribution in [-0.2, 0) is 23.8 Å². The Morgan fingerprint density at radius 1 is 1.00 bits per heavy atom. The van der Waals surface area contributed by atoms with Crippen molar-refractivity contribution < 1.29 is 33.7 Å². The molecule has 1 aromatic carbocycles. The molecule has 4 atom stereocenters. The molecule has 0 aliphatic carbocycles. The van der Waals surface area contributed by atoms with E-state index in [0.717, 1.165) is 0 Å². The summed E-state index contributed by atoms with van der Waals surface area (Å²) in [7, 11) is 0. The molecule has 14 nitrogen and oxygen atoms in total. The summed E-state index contributed by atoms with van der Waals surface area (Å²) in [4.78, 5) is 52.0. The summed E-state index contributed by atoms with van der Waals surface area (Å²) in [5.41, 5.74) is 0.901. The van der Waals surface area contributed by atoms with Gasteiger partial charge in [-0.05, 0) is 12.1 Å². The van der Waals surface area contributed by atoms with Crippen LogP contribution in [0.15, 0.2) is 43.0 Å². The highest BCUT2D eigenvalue weighted by atomic mass is 16.6. The second-order valence-electron chi connectivity index (χ2n) is 9.30. The standard InChI is InChI=1S/C30H29N7O7/c1-4-12-31-22(39)16-42-25-21(15-38)44-30(26(25)43-17-23(40)36(13-5-2)14-6-3)37-19-34-24-27(32-18-33-28(24)37)35-29(41)20-10-8-7-9-11-20/h1-3,7-11,18-19,21,25-26,30,38H,12-17H2,(H,31,39)(H,32,33,35,41)/t21-,25-,26-,30-/m1/s1. The lowest BCUT2D eigenvalue weighted by Crippen LogP contribution is -2.43. The SMILES string of the molecule is C#CCNC(=O)CO[C@H]1[C@@H](OCC(=O)N(CC#C)CC#C)[C@H](n2cnc3c(NC(=O)c4ccccc4)ncnc32)O[C@@H]1CO. The van der Waals surface area contributed by atoms with Gasteiger partial charge in [-0.3, -0.25) is 19.0 Å². The Bertz CT molecular complexity index is 1590. The Labute approximate surface area is 253 Å². The highest BCUT2D eigenvalue weighted by Gasteiger charge is 2.48. The van der Waals surface area contributed by atoms with Gasteiger partial charge in [-0.2, -0.15) is 0 Å². The van der Waals surface area contributed by atoms with Gasteiger partial charge < -0.3 is 34.9 Å². The third kappa shape index (κ3) is 7.36. The molecule has 0 saturated carbocycles. The number of hydrogen-bond acceptors (Lipinski definition) is 10. The summed E-state index contributed by atoms with van der Waals surface area (Å²) >= 11 is 0. The van der Waals surface area contributed by atoms with Gasteiger partial charge >= 0.3 is 0 Å². The minimum absolute atomic E-state index is 0.00604. The van der Waals surface area contributed by atoms with Crippen molar-refractivity contribution in [3.05, 3.63) is 48.5 Å². The number of aliphatic hydroxyl groups is 1. The van der Waals surface area contributed by atoms with E-state index in [9.17, 15) is 19.5 Å². The van der Waals surface area contributed by atoms with Gasteiger partial charge in [-0.25, -0.2) is 15.0 Å². The molecule has 1 aliphatic heterocycles. The first kappa shape index (κ1) is 31.6. The number of terminal acetylenes is 3. The van der Waals surface area contributed by atoms with Gasteiger partial charge in [0.2, 0.25) is 11.8 Å². The third-order valence-corrected chi connectivity index (χ3v) is 6.48. The minimum Gasteiger partial charge on any atom is -0.394 e. The van der Waals surface area contributed by atoms with Crippen molar-refractivity contribution in [1.82, 2.24) is 29.7 Å². The van der Waals surface area contributed by atoms with E-state index in [2.05, 4.69) is 43.3 Å². The van der Waals surface area contributed by atoms with Gasteiger partial charge in [0, 0.05) is 5.56 Å². The van der Waals surface area contributed by atoms with Gasteiger partial charge in [0.15, 0.2) is 23.2 Å². The molecule has 0 unspecified atom stereocenters. The van der Waals surface area contributed by atoms with Crippen LogP contribution in [0.2, 0.25) is 0 Å². The number of imidazole rings is 1. The zero-order chi connectivity index (χ0) is 31.5. The second kappa shape index (κ2) is 15.3. The highest BCUT2D eigenvalue weighted by molar-refractivity contribution is 6.06. The monoisotopic (exact) mass is 599 g/mol. The Kier molecular flexibility index (Phi) is 11.0. The average Bonchev–Trinajstić information content (AvgIpc) is 3.63. The maximum absolute atomic E-state index is 12.9. The van der Waals surface area contributed by atoms with Gasteiger partial charge in [0.1, 0.15) is 37.9 Å². The Morgan fingerprint density at radius 2 is 1.73 bits per heavy atom. The first-order valence-corrected chi connectivity index (χ1v) is 13.3. The lowest BCUT2D eigenvalue weighted by atomic mass is 10.1. The smallest absolute Gasteiger partial charge is 0.256 e. The van der Waals surface area contributed by atoms with Crippen molar-refractivity contribution in [3.8, 4) is 37.0 Å². The van der Waals surface area contributed by atoms with Crippen LogP contribution in [0.4, 0.5) is 5.82 Å². The zero-order valence-corrected chi connectivity index (χ0v) is 23.5. The lowest BCUT2D eigenvalue weighted by molar-refractivity contribution is -0.145. The van der Waals surface area contributed by atoms with Crippen molar-refractivity contribution in [3.63, 3.8) is 0 Å². The maximum atomic E-state index is 12.9. The molecule has 226 valence electrons. The number of anilines is 1. The molecule has 44 heavy (non-hydrogen) atoms. The Balaban J connectivity index is 1.63. The van der Waals surface area contributed by atoms with E-state index in [0.29, 0.717) is 5.56 Å². The number of ether oxygens (including phenoxy) is 3. The molecule has 1 fully saturated rings. The predicted octanol–water partition coefficient (Wildman–Crippen LogP) is -0.417. The van der Waals surface area contributed by atoms with Gasteiger partial charge in [-0.1, -0.05) is 36.0 Å². The Morgan fingerprint density at radius 3 is 2.41 bits per heavy atom. The summed E-state index contributed by atoms with van der Waals surface area (Å²) in [5, 5.41) is 15.4. The van der Waals surface area contributed by atoms with E-state index in [1.54, 1.807) is 30.3 Å². The van der Waals surface area contributed by atoms with Crippen molar-refractivity contribution in [2.24, 2.45) is 0 Å². The molecule has 3 heterocycles. The predicted molar refractivity (Wildman–Crippen MR) is 156 cm³/mol. The third-order valence-electron chi connectivity index (χ3n) is 6.48. The van der Waals surface area contributed by atoms with Gasteiger partial charge in [-0.15, -0.1) is 19.3 Å². The van der Waals surface area contributed by atoms with Crippen LogP contribution >= 0.6 is 0 Å². The molecule has 2 aromatic heterocycles. The average molecular weight is 600 g/mol. The number of aliphatic hydroxyl groups excluding tert-OH is 1. The van der Waals surface area contributed by atoms with Crippen LogP contribution in [0, 0.1) is 37.0 Å². The van der Waals surface area contributed by atoms with Crippen molar-refractivity contribution in [2.45, 2.75) is 24.5 Å². The van der Waals surface area contributed by atoms with E-state index >= 15 is 0 Å². The van der Waals surface area contributed by atoms with Crippen LogP contribution in [-0.4, -0.2) is 105 Å². The maximum Gasteiger partial charge on any atom is 0.256 e. The van der Waals surface area contributed by atoms with Crippen LogP contribution in [0.3, 0.4) is 0 Å². The van der Waals surface area contributed by atoms with E-state index < -0.39 is 62.1 Å². The van der Waals surface area contributed by atoms with Crippen LogP contribution in [0.25, 0.3) is 11.2 Å². The molecule has 4 rings (SSSR count). The second-order valence-corrected chi connectivity index (χ2v) is 9.30. The van der Waals surface area contributed by atoms with Gasteiger partial charge in [0.25, 0.3) is 5.91 Å². The molecule has 1 saturated heterocycles. The number of fused-ring (bicyclic) bond motifs is 1. The topological polar surface area (TPSA) is 170 Å². The van der Waals surface area contributed by atoms with Crippen LogP contribution in [0.1, 0.15) is 16.6 Å². The normalized spacial score (nSPS) is 19.0. The van der Waals surface area contributed by atoms with Crippen molar-refractivity contribution in [1.29, 1.82) is 0 Å². The van der Waals surface area contributed by atoms with Crippen molar-refractivity contribution in [2.75, 3.05) is 44.8 Å². The molecule has 3 N–H and O–H groups in total. The summed E-state index contributed by atoms with van der Waals surface area (Å²) in [6, 6.07) is 8.55. The fourth-order valence-electron chi connectivity index (χ4n) is 4.44. The van der Waals surface area contributed by atoms with Crippen molar-refractivity contribution >= 4 is 34.7 Å². The van der Waals surface area contributed by atoms with Gasteiger partial charge in [0.05, 0.1) is 32.6 Å². The summed E-state index contributed by atoms with van der Waals surface area (Å²) in [6.07, 6.45) is 14.4. The molecule has 14 heteroatoms. The number of carbonyl (C=O) groups is 3. The number of nitrogens with one attached hydrogen (secondary N) is 2. The molecule has 0 spiro atoms. The largest absolute Gasteiger partial charge is 0.394 e. The molecule has 3 aromatic rings. The first-order chi connectivity index (χ1) is 21.4. The minimum atomic E-state index is -1.07. The van der Waals surface area contributed by atoms with Crippen LogP contribution < -0.4 is 10.6 Å². The summed E-state index contributed by atoms with van der Waals surface area (Å²) in [5.74, 6) is 5.77. The molecule has 0 radical (unpaired) electrons. The van der Waals surface area contributed by atoms with E-state index in [1.807, 2.05) is 0 Å². The molecule has 1 aliphatic rings. The van der Waals surface area contributed by atoms with E-state index in [-0.39, 0.29) is 36.6 Å². The lowest BCUT2D eigenvalue weighted by Gasteiger charge is -2.26. The molecular formula is C30H29N7O7. The first-order valence-electron chi connectivity index (χ1n) is 13.3.